The molecular formula is C34H37N7O4S. The monoisotopic (exact) mass is 639 g/mol. The number of primary amides is 1. The molecule has 6 N–H and O–H groups in total. The molecule has 3 aromatic carbocycles. The summed E-state index contributed by atoms with van der Waals surface area (Å²) in [5.74, 6) is 0.304. The highest BCUT2D eigenvalue weighted by Crippen LogP contribution is 2.33. The zero-order valence-electron chi connectivity index (χ0n) is 25.3. The topological polar surface area (TPSA) is 160 Å². The molecule has 0 spiro atoms. The third kappa shape index (κ3) is 7.02. The number of nitrogens with one attached hydrogen (secondary N) is 4. The number of benzene rings is 3. The number of hydrogen-bond donors (Lipinski definition) is 5. The van der Waals surface area contributed by atoms with Crippen LogP contribution < -0.4 is 27.0 Å². The fraction of sp³-hybridized carbons (Fsp3) is 0.324. The number of amides is 5. The number of unbranched alkanes of at least 4 members (excludes halogenated alkanes) is 1. The lowest BCUT2D eigenvalue weighted by Crippen LogP contribution is -2.36. The van der Waals surface area contributed by atoms with Crippen molar-refractivity contribution in [2.75, 3.05) is 18.8 Å². The molecule has 2 aliphatic heterocycles. The Morgan fingerprint density at radius 3 is 2.41 bits per heavy atom. The van der Waals surface area contributed by atoms with Crippen LogP contribution in [0.2, 0.25) is 0 Å². The number of aromatic nitrogens is 2. The van der Waals surface area contributed by atoms with Crippen LogP contribution in [0.3, 0.4) is 0 Å². The minimum atomic E-state index is -0.483. The van der Waals surface area contributed by atoms with Crippen LogP contribution in [0.4, 0.5) is 4.79 Å². The number of carbonyl (C=O) groups excluding carboxylic acids is 4. The summed E-state index contributed by atoms with van der Waals surface area (Å²) in [5, 5.41) is 18.1. The van der Waals surface area contributed by atoms with Gasteiger partial charge in [0, 0.05) is 52.6 Å². The maximum Gasteiger partial charge on any atom is 0.315 e. The average molecular weight is 640 g/mol. The number of hydrogen-bond acceptors (Lipinski definition) is 6. The van der Waals surface area contributed by atoms with Gasteiger partial charge < -0.3 is 27.0 Å². The van der Waals surface area contributed by atoms with Gasteiger partial charge in [-0.1, -0.05) is 36.8 Å². The molecule has 46 heavy (non-hydrogen) atoms. The summed E-state index contributed by atoms with van der Waals surface area (Å²) < 4.78 is 1.83. The maximum absolute atomic E-state index is 12.8. The van der Waals surface area contributed by atoms with Gasteiger partial charge in [-0.25, -0.2) is 9.48 Å². The van der Waals surface area contributed by atoms with Crippen LogP contribution >= 0.6 is 11.8 Å². The van der Waals surface area contributed by atoms with Crippen molar-refractivity contribution in [3.05, 3.63) is 83.9 Å². The predicted molar refractivity (Wildman–Crippen MR) is 179 cm³/mol. The number of carbonyl (C=O) groups is 4. The van der Waals surface area contributed by atoms with Crippen molar-refractivity contribution < 1.29 is 19.2 Å². The average Bonchev–Trinajstić information content (AvgIpc) is 3.75. The smallest absolute Gasteiger partial charge is 0.315 e. The van der Waals surface area contributed by atoms with E-state index in [1.165, 1.54) is 0 Å². The summed E-state index contributed by atoms with van der Waals surface area (Å²) in [4.78, 5) is 48.0. The first kappa shape index (κ1) is 31.2. The van der Waals surface area contributed by atoms with Crippen LogP contribution in [-0.4, -0.2) is 69.7 Å². The van der Waals surface area contributed by atoms with Crippen molar-refractivity contribution in [2.45, 2.75) is 49.4 Å². The normalized spacial score (nSPS) is 18.5. The van der Waals surface area contributed by atoms with Gasteiger partial charge in [-0.15, -0.1) is 0 Å². The fourth-order valence-corrected chi connectivity index (χ4v) is 7.55. The highest BCUT2D eigenvalue weighted by molar-refractivity contribution is 8.00. The van der Waals surface area contributed by atoms with E-state index in [4.69, 9.17) is 10.8 Å². The van der Waals surface area contributed by atoms with Crippen LogP contribution in [0.1, 0.15) is 52.8 Å². The molecule has 238 valence electrons. The Morgan fingerprint density at radius 2 is 1.63 bits per heavy atom. The van der Waals surface area contributed by atoms with Gasteiger partial charge in [-0.2, -0.15) is 16.9 Å². The van der Waals surface area contributed by atoms with Gasteiger partial charge in [0.05, 0.1) is 23.3 Å². The number of nitrogens with zero attached hydrogens (tertiary/aromatic N) is 2. The van der Waals surface area contributed by atoms with Crippen molar-refractivity contribution in [2.24, 2.45) is 5.73 Å². The quantitative estimate of drug-likeness (QED) is 0.111. The lowest BCUT2D eigenvalue weighted by Gasteiger charge is -2.16. The molecule has 0 bridgehead atoms. The fourth-order valence-electron chi connectivity index (χ4n) is 6.01. The van der Waals surface area contributed by atoms with E-state index in [1.54, 1.807) is 24.3 Å². The molecule has 11 nitrogen and oxygen atoms in total. The number of nitrogens with two attached hydrogens (primary N) is 1. The minimum Gasteiger partial charge on any atom is -0.366 e. The van der Waals surface area contributed by atoms with E-state index in [9.17, 15) is 19.2 Å². The lowest BCUT2D eigenvalue weighted by molar-refractivity contribution is -0.121. The molecule has 3 atom stereocenters. The summed E-state index contributed by atoms with van der Waals surface area (Å²) in [6.07, 6.45) is 3.86. The number of urea groups is 1. The third-order valence-electron chi connectivity index (χ3n) is 8.45. The zero-order chi connectivity index (χ0) is 32.0. The van der Waals surface area contributed by atoms with Crippen LogP contribution in [0.15, 0.2) is 72.8 Å². The molecular weight excluding hydrogens is 602 g/mol. The Morgan fingerprint density at radius 1 is 0.891 bits per heavy atom. The van der Waals surface area contributed by atoms with Crippen molar-refractivity contribution in [3.63, 3.8) is 0 Å². The predicted octanol–water partition coefficient (Wildman–Crippen LogP) is 3.75. The van der Waals surface area contributed by atoms with Gasteiger partial charge in [0.1, 0.15) is 5.69 Å². The van der Waals surface area contributed by atoms with Gasteiger partial charge in [0.25, 0.3) is 5.91 Å². The Hall–Kier alpha value is -4.84. The Kier molecular flexibility index (Phi) is 9.53. The summed E-state index contributed by atoms with van der Waals surface area (Å²) in [5.41, 5.74) is 9.73. The van der Waals surface area contributed by atoms with Crippen LogP contribution in [-0.2, 0) is 4.79 Å². The van der Waals surface area contributed by atoms with E-state index < -0.39 is 5.91 Å². The van der Waals surface area contributed by atoms with E-state index in [2.05, 4.69) is 21.3 Å². The minimum absolute atomic E-state index is 0.0207. The van der Waals surface area contributed by atoms with Gasteiger partial charge in [0.15, 0.2) is 0 Å². The number of thioether (sulfide) groups is 1. The molecule has 6 rings (SSSR count). The molecule has 1 aromatic heterocycles. The summed E-state index contributed by atoms with van der Waals surface area (Å²) >= 11 is 1.89. The standard InChI is InChI=1S/C34H37N7O4S/c35-32(43)22-14-16-24(17-15-22)41-27-7-2-1-6-25(27)30(40-41)21-10-12-23(13-11-21)33(44)37-19-5-18-36-29(42)9-4-3-8-28-31-26(20-46-28)38-34(45)39-31/h1-2,6-7,10-17,26,28,31H,3-5,8-9,18-20H2,(H2,35,43)(H,36,42)(H,37,44)(H2,38,39,45). The number of fused-ring (bicyclic) bond motifs is 2. The number of para-hydroxylation sites is 1. The molecule has 3 heterocycles. The Bertz CT molecular complexity index is 1740. The highest BCUT2D eigenvalue weighted by Gasteiger charge is 2.42. The maximum atomic E-state index is 12.8. The van der Waals surface area contributed by atoms with Crippen molar-refractivity contribution in [1.29, 1.82) is 0 Å². The molecule has 0 radical (unpaired) electrons. The van der Waals surface area contributed by atoms with Crippen LogP contribution in [0.5, 0.6) is 0 Å². The van der Waals surface area contributed by atoms with E-state index in [-0.39, 0.29) is 29.9 Å². The first-order chi connectivity index (χ1) is 22.4. The SMILES string of the molecule is NC(=O)c1ccc(-n2nc(-c3ccc(C(=O)NCCCNC(=O)CCCCC4SCC5NC(=O)NC54)cc3)c3ccccc32)cc1. The zero-order valence-corrected chi connectivity index (χ0v) is 26.1. The molecule has 3 unspecified atom stereocenters. The van der Waals surface area contributed by atoms with Gasteiger partial charge in [0.2, 0.25) is 11.8 Å². The van der Waals surface area contributed by atoms with E-state index >= 15 is 0 Å². The molecule has 4 aromatic rings. The summed E-state index contributed by atoms with van der Waals surface area (Å²) in [7, 11) is 0. The second-order valence-electron chi connectivity index (χ2n) is 11.6. The largest absolute Gasteiger partial charge is 0.366 e. The van der Waals surface area contributed by atoms with Crippen LogP contribution in [0.25, 0.3) is 27.8 Å². The molecule has 2 saturated heterocycles. The highest BCUT2D eigenvalue weighted by atomic mass is 32.2. The van der Waals surface area contributed by atoms with Crippen LogP contribution in [0, 0.1) is 0 Å². The molecule has 0 aliphatic carbocycles. The molecule has 5 amide bonds. The molecule has 2 aliphatic rings. The molecule has 0 saturated carbocycles. The Balaban J connectivity index is 0.940. The molecule has 12 heteroatoms. The lowest BCUT2D eigenvalue weighted by atomic mass is 10.0. The van der Waals surface area contributed by atoms with Gasteiger partial charge in [-0.05, 0) is 61.7 Å². The molecule has 2 fully saturated rings. The van der Waals surface area contributed by atoms with Crippen molar-refractivity contribution in [3.8, 4) is 16.9 Å². The van der Waals surface area contributed by atoms with Gasteiger partial charge in [-0.3, -0.25) is 14.4 Å². The van der Waals surface area contributed by atoms with E-state index in [0.29, 0.717) is 42.3 Å². The second kappa shape index (κ2) is 14.1. The van der Waals surface area contributed by atoms with Crippen molar-refractivity contribution in [1.82, 2.24) is 31.0 Å². The first-order valence-electron chi connectivity index (χ1n) is 15.6. The number of rotatable bonds is 13. The van der Waals surface area contributed by atoms with E-state index in [1.807, 2.05) is 65.0 Å². The summed E-state index contributed by atoms with van der Waals surface area (Å²) in [6, 6.07) is 22.6. The summed E-state index contributed by atoms with van der Waals surface area (Å²) in [6.45, 7) is 0.949. The third-order valence-corrected chi connectivity index (χ3v) is 9.95. The van der Waals surface area contributed by atoms with E-state index in [0.717, 1.165) is 52.9 Å². The van der Waals surface area contributed by atoms with Crippen molar-refractivity contribution >= 4 is 46.4 Å². The second-order valence-corrected chi connectivity index (χ2v) is 12.9. The first-order valence-corrected chi connectivity index (χ1v) is 16.6. The Labute approximate surface area is 271 Å². The van der Waals surface area contributed by atoms with Gasteiger partial charge >= 0.3 is 6.03 Å².